The van der Waals surface area contributed by atoms with Gasteiger partial charge in [0, 0.05) is 11.0 Å². The van der Waals surface area contributed by atoms with Crippen LogP contribution in [-0.4, -0.2) is 22.4 Å². The fourth-order valence-corrected chi connectivity index (χ4v) is 0.475. The van der Waals surface area contributed by atoms with Gasteiger partial charge in [-0.25, -0.2) is 0 Å². The molecule has 1 rings (SSSR count). The molecule has 0 spiro atoms. The van der Waals surface area contributed by atoms with Crippen LogP contribution < -0.4 is 0 Å². The molecule has 10 heavy (non-hydrogen) atoms. The first-order valence-corrected chi connectivity index (χ1v) is 3.80. The van der Waals surface area contributed by atoms with Crippen molar-refractivity contribution in [3.8, 4) is 0 Å². The van der Waals surface area contributed by atoms with Gasteiger partial charge in [0.15, 0.2) is 0 Å². The zero-order chi connectivity index (χ0) is 7.98. The molecule has 0 unspecified atom stereocenters. The Labute approximate surface area is 58.6 Å². The van der Waals surface area contributed by atoms with Crippen molar-refractivity contribution in [3.05, 3.63) is 0 Å². The third kappa shape index (κ3) is 7.49. The van der Waals surface area contributed by atoms with Gasteiger partial charge in [0.25, 0.3) is 0 Å². The molecule has 6 heteroatoms. The van der Waals surface area contributed by atoms with Crippen LogP contribution >= 0.6 is 8.25 Å². The maximum atomic E-state index is 10.0. The maximum absolute atomic E-state index is 10.0. The lowest BCUT2D eigenvalue weighted by molar-refractivity contribution is -0.137. The predicted octanol–water partition coefficient (Wildman–Crippen LogP) is -0.0482. The molecule has 0 aromatic carbocycles. The quantitative estimate of drug-likeness (QED) is 0.390. The molecule has 58 valence electrons. The minimum Gasteiger partial charge on any atom is -0.466 e. The van der Waals surface area contributed by atoms with Crippen LogP contribution in [0.2, 0.25) is 0 Å². The van der Waals surface area contributed by atoms with Gasteiger partial charge in [-0.3, -0.25) is 4.79 Å². The Hall–Kier alpha value is -0.510. The van der Waals surface area contributed by atoms with Crippen molar-refractivity contribution < 1.29 is 23.9 Å². The Kier molecular flexibility index (Phi) is 5.02. The summed E-state index contributed by atoms with van der Waals surface area (Å²) < 4.78 is 13.2. The Morgan fingerprint density at radius 2 is 2.00 bits per heavy atom. The summed E-state index contributed by atoms with van der Waals surface area (Å²) in [7, 11) is -2.87. The van der Waals surface area contributed by atoms with E-state index in [0.29, 0.717) is 13.0 Å². The minimum absolute atomic E-state index is 0.0463. The first-order chi connectivity index (χ1) is 4.63. The highest BCUT2D eigenvalue weighted by molar-refractivity contribution is 7.30. The Morgan fingerprint density at radius 3 is 2.10 bits per heavy atom. The lowest BCUT2D eigenvalue weighted by Crippen LogP contribution is -1.88. The number of carbonyl (C=O) groups is 1. The standard InChI is InChI=1S/C4H6O2.HO3P/c5-4-2-1-3-6-4;1-4(2)3/h1-3H2;(H-,1,2,3)/p+1. The summed E-state index contributed by atoms with van der Waals surface area (Å²) in [5.74, 6) is -0.0463. The van der Waals surface area contributed by atoms with E-state index >= 15 is 0 Å². The smallest absolute Gasteiger partial charge is 0.466 e. The highest BCUT2D eigenvalue weighted by Crippen LogP contribution is 2.01. The fraction of sp³-hybridized carbons (Fsp3) is 0.750. The van der Waals surface area contributed by atoms with Crippen LogP contribution in [0.5, 0.6) is 0 Å². The van der Waals surface area contributed by atoms with Crippen LogP contribution in [-0.2, 0) is 14.1 Å². The highest BCUT2D eigenvalue weighted by atomic mass is 31.1. The van der Waals surface area contributed by atoms with Crippen LogP contribution in [0.1, 0.15) is 12.8 Å². The van der Waals surface area contributed by atoms with E-state index in [4.69, 9.17) is 14.4 Å². The van der Waals surface area contributed by atoms with Crippen molar-refractivity contribution in [1.29, 1.82) is 0 Å². The SMILES string of the molecule is O=C1CCCO1.O=[P+](O)O. The molecule has 1 saturated heterocycles. The van der Waals surface area contributed by atoms with Crippen molar-refractivity contribution in [2.75, 3.05) is 6.61 Å². The summed E-state index contributed by atoms with van der Waals surface area (Å²) in [6.45, 7) is 0.638. The monoisotopic (exact) mass is 167 g/mol. The van der Waals surface area contributed by atoms with Crippen LogP contribution in [0.15, 0.2) is 0 Å². The second-order valence-corrected chi connectivity index (χ2v) is 2.08. The maximum Gasteiger partial charge on any atom is 0.692 e. The third-order valence-electron chi connectivity index (χ3n) is 0.788. The molecule has 1 aliphatic rings. The van der Waals surface area contributed by atoms with Crippen LogP contribution in [0.25, 0.3) is 0 Å². The van der Waals surface area contributed by atoms with Crippen LogP contribution in [0, 0.1) is 0 Å². The average Bonchev–Trinajstić information content (AvgIpc) is 2.15. The summed E-state index contributed by atoms with van der Waals surface area (Å²) in [5.41, 5.74) is 0. The molecule has 0 aliphatic carbocycles. The van der Waals surface area contributed by atoms with E-state index in [-0.39, 0.29) is 5.97 Å². The summed E-state index contributed by atoms with van der Waals surface area (Å²) in [6.07, 6.45) is 1.54. The third-order valence-corrected chi connectivity index (χ3v) is 0.788. The average molecular weight is 167 g/mol. The van der Waals surface area contributed by atoms with Crippen LogP contribution in [0.3, 0.4) is 0 Å². The van der Waals surface area contributed by atoms with Gasteiger partial charge < -0.3 is 4.74 Å². The number of hydrogen-bond acceptors (Lipinski definition) is 3. The van der Waals surface area contributed by atoms with Crippen LogP contribution in [0.4, 0.5) is 0 Å². The van der Waals surface area contributed by atoms with Gasteiger partial charge in [-0.05, 0) is 6.42 Å². The van der Waals surface area contributed by atoms with Gasteiger partial charge in [0.05, 0.1) is 6.61 Å². The summed E-state index contributed by atoms with van der Waals surface area (Å²) in [6, 6.07) is 0. The number of ether oxygens (including phenoxy) is 1. The molecular weight excluding hydrogens is 159 g/mol. The van der Waals surface area contributed by atoms with E-state index in [1.54, 1.807) is 0 Å². The van der Waals surface area contributed by atoms with Gasteiger partial charge in [-0.15, -0.1) is 9.79 Å². The molecular formula is C4H8O5P+. The van der Waals surface area contributed by atoms with Gasteiger partial charge in [0.1, 0.15) is 0 Å². The molecule has 1 fully saturated rings. The molecule has 0 amide bonds. The second-order valence-electron chi connectivity index (χ2n) is 1.58. The van der Waals surface area contributed by atoms with E-state index < -0.39 is 8.25 Å². The van der Waals surface area contributed by atoms with Gasteiger partial charge in [0.2, 0.25) is 0 Å². The molecule has 0 aromatic heterocycles. The lowest BCUT2D eigenvalue weighted by Gasteiger charge is -1.81. The van der Waals surface area contributed by atoms with E-state index in [0.717, 1.165) is 6.42 Å². The first kappa shape index (κ1) is 9.49. The normalized spacial score (nSPS) is 15.2. The largest absolute Gasteiger partial charge is 0.692 e. The summed E-state index contributed by atoms with van der Waals surface area (Å²) in [4.78, 5) is 24.3. The molecule has 0 atom stereocenters. The zero-order valence-electron chi connectivity index (χ0n) is 5.19. The Bertz CT molecular complexity index is 122. The molecule has 0 radical (unpaired) electrons. The topological polar surface area (TPSA) is 83.8 Å². The Morgan fingerprint density at radius 1 is 1.50 bits per heavy atom. The predicted molar refractivity (Wildman–Crippen MR) is 32.2 cm³/mol. The molecule has 1 heterocycles. The molecule has 1 aliphatic heterocycles. The number of rotatable bonds is 0. The number of hydrogen-bond donors (Lipinski definition) is 2. The number of esters is 1. The fourth-order valence-electron chi connectivity index (χ4n) is 0.475. The molecule has 0 bridgehead atoms. The van der Waals surface area contributed by atoms with Crippen molar-refractivity contribution in [2.24, 2.45) is 0 Å². The highest BCUT2D eigenvalue weighted by Gasteiger charge is 2.08. The van der Waals surface area contributed by atoms with Crippen molar-refractivity contribution in [1.82, 2.24) is 0 Å². The van der Waals surface area contributed by atoms with Gasteiger partial charge >= 0.3 is 14.2 Å². The zero-order valence-corrected chi connectivity index (χ0v) is 6.08. The number of cyclic esters (lactones) is 1. The van der Waals surface area contributed by atoms with Crippen molar-refractivity contribution in [2.45, 2.75) is 12.8 Å². The van der Waals surface area contributed by atoms with Gasteiger partial charge in [-0.2, -0.15) is 0 Å². The summed E-state index contributed by atoms with van der Waals surface area (Å²) >= 11 is 0. The molecule has 2 N–H and O–H groups in total. The first-order valence-electron chi connectivity index (χ1n) is 2.63. The van der Waals surface area contributed by atoms with E-state index in [9.17, 15) is 4.79 Å². The van der Waals surface area contributed by atoms with E-state index in [1.165, 1.54) is 0 Å². The second kappa shape index (κ2) is 5.29. The Balaban J connectivity index is 0.000000180. The minimum atomic E-state index is -2.87. The molecule has 5 nitrogen and oxygen atoms in total. The van der Waals surface area contributed by atoms with Gasteiger partial charge in [-0.1, -0.05) is 0 Å². The number of carbonyl (C=O) groups excluding carboxylic acids is 1. The molecule has 0 saturated carbocycles. The lowest BCUT2D eigenvalue weighted by atomic mass is 10.4. The summed E-state index contributed by atoms with van der Waals surface area (Å²) in [5, 5.41) is 0. The van der Waals surface area contributed by atoms with E-state index in [1.807, 2.05) is 0 Å². The van der Waals surface area contributed by atoms with Crippen molar-refractivity contribution in [3.63, 3.8) is 0 Å². The van der Waals surface area contributed by atoms with Crippen molar-refractivity contribution >= 4 is 14.2 Å². The van der Waals surface area contributed by atoms with E-state index in [2.05, 4.69) is 4.74 Å². The molecule has 0 aromatic rings.